The van der Waals surface area contributed by atoms with Crippen molar-refractivity contribution in [1.29, 1.82) is 0 Å². The van der Waals surface area contributed by atoms with Gasteiger partial charge in [0.1, 0.15) is 12.2 Å². The quantitative estimate of drug-likeness (QED) is 0.259. The van der Waals surface area contributed by atoms with E-state index in [1.54, 1.807) is 12.1 Å². The number of piperidine rings is 1. The van der Waals surface area contributed by atoms with Crippen LogP contribution in [0, 0.1) is 11.6 Å². The Kier molecular flexibility index (Phi) is 7.08. The third-order valence-corrected chi connectivity index (χ3v) is 7.52. The second-order valence-corrected chi connectivity index (χ2v) is 10.3. The molecule has 3 heterocycles. The molecule has 11 heteroatoms. The Balaban J connectivity index is 1.30. The summed E-state index contributed by atoms with van der Waals surface area (Å²) in [4.78, 5) is 28.9. The molecule has 1 saturated heterocycles. The molecule has 0 bridgehead atoms. The third kappa shape index (κ3) is 4.98. The molecule has 1 aliphatic heterocycles. The maximum Gasteiger partial charge on any atom is 0.251 e. The van der Waals surface area contributed by atoms with Gasteiger partial charge in [-0.25, -0.2) is 23.7 Å². The maximum absolute atomic E-state index is 13.6. The number of hydrogen-bond donors (Lipinski definition) is 1. The predicted molar refractivity (Wildman–Crippen MR) is 151 cm³/mol. The molecule has 1 N–H and O–H groups in total. The normalized spacial score (nSPS) is 14.1. The molecule has 0 radical (unpaired) electrons. The van der Waals surface area contributed by atoms with Crippen LogP contribution in [0.5, 0.6) is 0 Å². The Labute approximate surface area is 238 Å². The highest BCUT2D eigenvalue weighted by Gasteiger charge is 2.27. The first-order valence-corrected chi connectivity index (χ1v) is 13.4. The number of carbonyl (C=O) groups excluding carboxylic acids is 1. The number of anilines is 1. The van der Waals surface area contributed by atoms with Gasteiger partial charge in [0.05, 0.1) is 5.02 Å². The van der Waals surface area contributed by atoms with Gasteiger partial charge in [-0.3, -0.25) is 9.36 Å². The van der Waals surface area contributed by atoms with Gasteiger partial charge in [-0.1, -0.05) is 35.3 Å². The van der Waals surface area contributed by atoms with Crippen LogP contribution in [0.2, 0.25) is 10.0 Å². The largest absolute Gasteiger partial charge is 0.355 e. The standard InChI is InChI=1S/C29H22Cl2F2N6O/c30-18-6-8-20(9-7-18)39-26(21-3-1-2-4-22(21)31)37-25-27(34-16-35-28(25)39)38-13-11-19(12-14-38)36-29(40)17-5-10-23(32)24(33)15-17/h1-10,15-16,19H,11-14H2,(H,36,40). The van der Waals surface area contributed by atoms with Crippen molar-refractivity contribution < 1.29 is 13.6 Å². The summed E-state index contributed by atoms with van der Waals surface area (Å²) in [7, 11) is 0. The van der Waals surface area contributed by atoms with Gasteiger partial charge < -0.3 is 10.2 Å². The van der Waals surface area contributed by atoms with Crippen LogP contribution in [0.15, 0.2) is 73.1 Å². The number of imidazole rings is 1. The zero-order chi connectivity index (χ0) is 27.8. The lowest BCUT2D eigenvalue weighted by molar-refractivity contribution is 0.0930. The molecular formula is C29H22Cl2F2N6O. The zero-order valence-corrected chi connectivity index (χ0v) is 22.5. The number of benzene rings is 3. The van der Waals surface area contributed by atoms with Crippen molar-refractivity contribution in [3.05, 3.63) is 100 Å². The molecule has 0 spiro atoms. The fourth-order valence-electron chi connectivity index (χ4n) is 4.91. The van der Waals surface area contributed by atoms with E-state index in [1.807, 2.05) is 41.0 Å². The number of rotatable bonds is 5. The molecule has 3 aromatic carbocycles. The van der Waals surface area contributed by atoms with E-state index in [4.69, 9.17) is 28.2 Å². The Morgan fingerprint density at radius 2 is 1.68 bits per heavy atom. The van der Waals surface area contributed by atoms with Crippen LogP contribution in [0.1, 0.15) is 23.2 Å². The van der Waals surface area contributed by atoms with Gasteiger partial charge in [0, 0.05) is 41.0 Å². The van der Waals surface area contributed by atoms with Gasteiger partial charge in [0.2, 0.25) is 0 Å². The average Bonchev–Trinajstić information content (AvgIpc) is 3.35. The monoisotopic (exact) mass is 578 g/mol. The molecule has 40 heavy (non-hydrogen) atoms. The van der Waals surface area contributed by atoms with Crippen molar-refractivity contribution in [1.82, 2.24) is 24.8 Å². The average molecular weight is 579 g/mol. The van der Waals surface area contributed by atoms with E-state index in [2.05, 4.69) is 20.2 Å². The number of fused-ring (bicyclic) bond motifs is 1. The minimum atomic E-state index is -1.05. The van der Waals surface area contributed by atoms with Crippen molar-refractivity contribution in [3.8, 4) is 17.1 Å². The Hall–Kier alpha value is -4.08. The summed E-state index contributed by atoms with van der Waals surface area (Å²) in [6.45, 7) is 1.20. The Morgan fingerprint density at radius 1 is 0.925 bits per heavy atom. The molecule has 6 rings (SSSR count). The molecule has 202 valence electrons. The van der Waals surface area contributed by atoms with Gasteiger partial charge in [0.15, 0.2) is 28.6 Å². The van der Waals surface area contributed by atoms with Crippen molar-refractivity contribution in [3.63, 3.8) is 0 Å². The molecule has 0 unspecified atom stereocenters. The molecule has 0 saturated carbocycles. The van der Waals surface area contributed by atoms with Crippen LogP contribution in [0.4, 0.5) is 14.6 Å². The fourth-order valence-corrected chi connectivity index (χ4v) is 5.26. The first-order valence-electron chi connectivity index (χ1n) is 12.6. The summed E-state index contributed by atoms with van der Waals surface area (Å²) in [5, 5.41) is 4.09. The van der Waals surface area contributed by atoms with Gasteiger partial charge in [-0.2, -0.15) is 0 Å². The lowest BCUT2D eigenvalue weighted by atomic mass is 10.0. The molecule has 1 amide bonds. The van der Waals surface area contributed by atoms with Crippen LogP contribution in [-0.4, -0.2) is 44.6 Å². The minimum Gasteiger partial charge on any atom is -0.355 e. The number of carbonyl (C=O) groups is 1. The number of halogens is 4. The smallest absolute Gasteiger partial charge is 0.251 e. The zero-order valence-electron chi connectivity index (χ0n) is 21.0. The van der Waals surface area contributed by atoms with Crippen molar-refractivity contribution in [2.24, 2.45) is 0 Å². The molecule has 0 atom stereocenters. The van der Waals surface area contributed by atoms with E-state index in [9.17, 15) is 13.6 Å². The molecule has 1 aliphatic rings. The second kappa shape index (κ2) is 10.8. The maximum atomic E-state index is 13.6. The summed E-state index contributed by atoms with van der Waals surface area (Å²) in [5.74, 6) is -1.18. The van der Waals surface area contributed by atoms with Crippen molar-refractivity contribution in [2.45, 2.75) is 18.9 Å². The number of hydrogen-bond acceptors (Lipinski definition) is 5. The van der Waals surface area contributed by atoms with Gasteiger partial charge in [-0.05, 0) is 67.4 Å². The fraction of sp³-hybridized carbons (Fsp3) is 0.172. The van der Waals surface area contributed by atoms with Gasteiger partial charge in [0.25, 0.3) is 5.91 Å². The molecule has 5 aromatic rings. The minimum absolute atomic E-state index is 0.0821. The molecule has 2 aromatic heterocycles. The first kappa shape index (κ1) is 26.2. The lowest BCUT2D eigenvalue weighted by Crippen LogP contribution is -2.45. The number of aromatic nitrogens is 4. The Morgan fingerprint density at radius 3 is 2.40 bits per heavy atom. The van der Waals surface area contributed by atoms with Crippen LogP contribution < -0.4 is 10.2 Å². The SMILES string of the molecule is O=C(NC1CCN(c2ncnc3c2nc(-c2ccccc2Cl)n3-c2ccc(Cl)cc2)CC1)c1ccc(F)c(F)c1. The van der Waals surface area contributed by atoms with Crippen LogP contribution in [-0.2, 0) is 0 Å². The van der Waals surface area contributed by atoms with Crippen LogP contribution >= 0.6 is 23.2 Å². The van der Waals surface area contributed by atoms with E-state index in [-0.39, 0.29) is 11.6 Å². The lowest BCUT2D eigenvalue weighted by Gasteiger charge is -2.33. The van der Waals surface area contributed by atoms with E-state index in [1.165, 1.54) is 12.4 Å². The summed E-state index contributed by atoms with van der Waals surface area (Å²) in [6.07, 6.45) is 2.78. The summed E-state index contributed by atoms with van der Waals surface area (Å²) in [6, 6.07) is 17.9. The van der Waals surface area contributed by atoms with Gasteiger partial charge in [-0.15, -0.1) is 0 Å². The highest BCUT2D eigenvalue weighted by molar-refractivity contribution is 6.33. The van der Waals surface area contributed by atoms with Gasteiger partial charge >= 0.3 is 0 Å². The first-order chi connectivity index (χ1) is 19.4. The molecule has 1 fully saturated rings. The number of nitrogens with one attached hydrogen (secondary N) is 1. The van der Waals surface area contributed by atoms with Crippen LogP contribution in [0.25, 0.3) is 28.2 Å². The second-order valence-electron chi connectivity index (χ2n) is 9.46. The van der Waals surface area contributed by atoms with Crippen molar-refractivity contribution in [2.75, 3.05) is 18.0 Å². The highest BCUT2D eigenvalue weighted by Crippen LogP contribution is 2.35. The van der Waals surface area contributed by atoms with E-state index in [0.717, 1.165) is 23.4 Å². The van der Waals surface area contributed by atoms with E-state index >= 15 is 0 Å². The summed E-state index contributed by atoms with van der Waals surface area (Å²) < 4.78 is 28.8. The molecule has 7 nitrogen and oxygen atoms in total. The number of nitrogens with zero attached hydrogens (tertiary/aromatic N) is 5. The highest BCUT2D eigenvalue weighted by atomic mass is 35.5. The number of amides is 1. The predicted octanol–water partition coefficient (Wildman–Crippen LogP) is 6.47. The van der Waals surface area contributed by atoms with Crippen LogP contribution in [0.3, 0.4) is 0 Å². The summed E-state index contributed by atoms with van der Waals surface area (Å²) in [5.41, 5.74) is 2.90. The third-order valence-electron chi connectivity index (χ3n) is 6.94. The van der Waals surface area contributed by atoms with E-state index in [0.29, 0.717) is 58.8 Å². The van der Waals surface area contributed by atoms with Crippen molar-refractivity contribution >= 4 is 46.1 Å². The van der Waals surface area contributed by atoms with E-state index < -0.39 is 17.5 Å². The topological polar surface area (TPSA) is 75.9 Å². The molecular weight excluding hydrogens is 557 g/mol. The molecule has 0 aliphatic carbocycles. The Bertz CT molecular complexity index is 1720. The summed E-state index contributed by atoms with van der Waals surface area (Å²) >= 11 is 12.7.